The molecule has 27 heavy (non-hydrogen) atoms. The number of ether oxygens (including phenoxy) is 1. The highest BCUT2D eigenvalue weighted by molar-refractivity contribution is 5.99. The summed E-state index contributed by atoms with van der Waals surface area (Å²) in [4.78, 5) is 35.7. The summed E-state index contributed by atoms with van der Waals surface area (Å²) in [5, 5.41) is 5.49. The number of carbonyl (C=O) groups excluding carboxylic acids is 3. The van der Waals surface area contributed by atoms with Crippen LogP contribution < -0.4 is 15.4 Å². The van der Waals surface area contributed by atoms with Crippen molar-refractivity contribution in [2.45, 2.75) is 39.7 Å². The summed E-state index contributed by atoms with van der Waals surface area (Å²) in [7, 11) is 0. The van der Waals surface area contributed by atoms with Crippen LogP contribution in [0.1, 0.15) is 55.8 Å². The zero-order valence-corrected chi connectivity index (χ0v) is 15.7. The number of ketones is 1. The van der Waals surface area contributed by atoms with E-state index in [0.29, 0.717) is 23.4 Å². The van der Waals surface area contributed by atoms with Crippen LogP contribution in [0.3, 0.4) is 0 Å². The van der Waals surface area contributed by atoms with Crippen molar-refractivity contribution in [3.63, 3.8) is 0 Å². The molecule has 0 saturated carbocycles. The molecule has 0 aliphatic heterocycles. The van der Waals surface area contributed by atoms with Crippen molar-refractivity contribution < 1.29 is 23.5 Å². The minimum atomic E-state index is -0.339. The summed E-state index contributed by atoms with van der Waals surface area (Å²) in [6.45, 7) is 4.87. The molecule has 0 fully saturated rings. The van der Waals surface area contributed by atoms with Crippen LogP contribution in [0.5, 0.6) is 5.75 Å². The van der Waals surface area contributed by atoms with Gasteiger partial charge in [0, 0.05) is 12.1 Å². The van der Waals surface area contributed by atoms with Crippen LogP contribution in [0, 0.1) is 0 Å². The highest BCUT2D eigenvalue weighted by Gasteiger charge is 2.15. The zero-order chi connectivity index (χ0) is 19.8. The van der Waals surface area contributed by atoms with Crippen LogP contribution in [0.4, 0.5) is 5.69 Å². The van der Waals surface area contributed by atoms with Gasteiger partial charge in [0.05, 0.1) is 17.9 Å². The summed E-state index contributed by atoms with van der Waals surface area (Å²) < 4.78 is 10.7. The summed E-state index contributed by atoms with van der Waals surface area (Å²) >= 11 is 0. The molecule has 0 bridgehead atoms. The first-order valence-electron chi connectivity index (χ1n) is 8.81. The van der Waals surface area contributed by atoms with E-state index in [-0.39, 0.29) is 36.0 Å². The summed E-state index contributed by atoms with van der Waals surface area (Å²) in [6, 6.07) is 7.98. The molecule has 2 rings (SSSR count). The highest BCUT2D eigenvalue weighted by Crippen LogP contribution is 2.24. The van der Waals surface area contributed by atoms with Gasteiger partial charge in [0.2, 0.25) is 5.91 Å². The predicted octanol–water partition coefficient (Wildman–Crippen LogP) is 3.48. The molecule has 2 aromatic rings. The van der Waals surface area contributed by atoms with Crippen LogP contribution in [-0.4, -0.2) is 24.2 Å². The Balaban J connectivity index is 1.99. The molecule has 0 aliphatic carbocycles. The molecule has 1 unspecified atom stereocenters. The molecule has 0 radical (unpaired) electrons. The first-order chi connectivity index (χ1) is 12.9. The first-order valence-corrected chi connectivity index (χ1v) is 8.81. The van der Waals surface area contributed by atoms with Crippen molar-refractivity contribution >= 4 is 23.3 Å². The molecular formula is C20H24N2O5. The van der Waals surface area contributed by atoms with E-state index >= 15 is 0 Å². The summed E-state index contributed by atoms with van der Waals surface area (Å²) in [5.74, 6) is 0.249. The summed E-state index contributed by atoms with van der Waals surface area (Å²) in [6.07, 6.45) is 2.67. The second kappa shape index (κ2) is 9.56. The molecule has 0 aliphatic rings. The highest BCUT2D eigenvalue weighted by atomic mass is 16.5. The third kappa shape index (κ3) is 5.99. The van der Waals surface area contributed by atoms with Crippen molar-refractivity contribution in [1.29, 1.82) is 0 Å². The first kappa shape index (κ1) is 20.2. The lowest BCUT2D eigenvalue weighted by Crippen LogP contribution is -2.31. The van der Waals surface area contributed by atoms with Crippen LogP contribution in [0.25, 0.3) is 0 Å². The van der Waals surface area contributed by atoms with E-state index in [1.165, 1.54) is 13.2 Å². The number of hydrogen-bond donors (Lipinski definition) is 2. The van der Waals surface area contributed by atoms with Crippen LogP contribution >= 0.6 is 0 Å². The molecule has 0 saturated heterocycles. The average molecular weight is 372 g/mol. The van der Waals surface area contributed by atoms with Crippen molar-refractivity contribution in [2.24, 2.45) is 0 Å². The predicted molar refractivity (Wildman–Crippen MR) is 101 cm³/mol. The van der Waals surface area contributed by atoms with Crippen LogP contribution in [0.2, 0.25) is 0 Å². The SMILES string of the molecule is CCCC(=O)Nc1ccc(OCC(=O)NC(C)c2ccco2)c(C(C)=O)c1. The van der Waals surface area contributed by atoms with E-state index in [9.17, 15) is 14.4 Å². The topological polar surface area (TPSA) is 97.6 Å². The van der Waals surface area contributed by atoms with Crippen molar-refractivity contribution in [1.82, 2.24) is 5.32 Å². The van der Waals surface area contributed by atoms with Crippen molar-refractivity contribution in [3.8, 4) is 5.75 Å². The molecule has 1 heterocycles. The third-order valence-electron chi connectivity index (χ3n) is 3.83. The van der Waals surface area contributed by atoms with E-state index in [2.05, 4.69) is 10.6 Å². The Morgan fingerprint density at radius 2 is 1.96 bits per heavy atom. The fraction of sp³-hybridized carbons (Fsp3) is 0.350. The number of nitrogens with one attached hydrogen (secondary N) is 2. The zero-order valence-electron chi connectivity index (χ0n) is 15.7. The molecule has 2 amide bonds. The Morgan fingerprint density at radius 3 is 2.59 bits per heavy atom. The molecule has 2 N–H and O–H groups in total. The van der Waals surface area contributed by atoms with E-state index < -0.39 is 0 Å². The minimum absolute atomic E-state index is 0.119. The van der Waals surface area contributed by atoms with Crippen molar-refractivity contribution in [2.75, 3.05) is 11.9 Å². The molecule has 1 aromatic heterocycles. The maximum absolute atomic E-state index is 12.1. The molecule has 0 spiro atoms. The average Bonchev–Trinajstić information content (AvgIpc) is 3.15. The smallest absolute Gasteiger partial charge is 0.258 e. The molecular weight excluding hydrogens is 348 g/mol. The maximum atomic E-state index is 12.1. The van der Waals surface area contributed by atoms with Gasteiger partial charge < -0.3 is 19.8 Å². The Bertz CT molecular complexity index is 799. The van der Waals surface area contributed by atoms with E-state index in [4.69, 9.17) is 9.15 Å². The molecule has 144 valence electrons. The van der Waals surface area contributed by atoms with Gasteiger partial charge in [-0.05, 0) is 50.6 Å². The number of carbonyl (C=O) groups is 3. The third-order valence-corrected chi connectivity index (χ3v) is 3.83. The maximum Gasteiger partial charge on any atom is 0.258 e. The molecule has 1 aromatic carbocycles. The van der Waals surface area contributed by atoms with E-state index in [1.54, 1.807) is 37.3 Å². The fourth-order valence-corrected chi connectivity index (χ4v) is 2.49. The standard InChI is InChI=1S/C20H24N2O5/c1-4-6-19(24)22-15-8-9-18(16(11-15)14(3)23)27-12-20(25)21-13(2)17-7-5-10-26-17/h5,7-11,13H,4,6,12H2,1-3H3,(H,21,25)(H,22,24). The van der Waals surface area contributed by atoms with Gasteiger partial charge in [-0.2, -0.15) is 0 Å². The number of amides is 2. The van der Waals surface area contributed by atoms with Gasteiger partial charge in [0.15, 0.2) is 12.4 Å². The fourth-order valence-electron chi connectivity index (χ4n) is 2.49. The Labute approximate surface area is 158 Å². The molecule has 1 atom stereocenters. The lowest BCUT2D eigenvalue weighted by atomic mass is 10.1. The lowest BCUT2D eigenvalue weighted by molar-refractivity contribution is -0.123. The Hall–Kier alpha value is -3.09. The number of Topliss-reactive ketones (excluding diaryl/α,β-unsaturated/α-hetero) is 1. The number of rotatable bonds is 9. The Morgan fingerprint density at radius 1 is 1.19 bits per heavy atom. The largest absolute Gasteiger partial charge is 0.483 e. The quantitative estimate of drug-likeness (QED) is 0.657. The van der Waals surface area contributed by atoms with Gasteiger partial charge in [-0.15, -0.1) is 0 Å². The number of furan rings is 1. The second-order valence-corrected chi connectivity index (χ2v) is 6.16. The second-order valence-electron chi connectivity index (χ2n) is 6.16. The number of benzene rings is 1. The van der Waals surface area contributed by atoms with Gasteiger partial charge >= 0.3 is 0 Å². The van der Waals surface area contributed by atoms with Gasteiger partial charge in [0.25, 0.3) is 5.91 Å². The molecule has 7 nitrogen and oxygen atoms in total. The normalized spacial score (nSPS) is 11.5. The van der Waals surface area contributed by atoms with E-state index in [1.807, 2.05) is 6.92 Å². The van der Waals surface area contributed by atoms with Crippen LogP contribution in [0.15, 0.2) is 41.0 Å². The van der Waals surface area contributed by atoms with Gasteiger partial charge in [0.1, 0.15) is 11.5 Å². The monoisotopic (exact) mass is 372 g/mol. The minimum Gasteiger partial charge on any atom is -0.483 e. The Kier molecular flexibility index (Phi) is 7.16. The van der Waals surface area contributed by atoms with Gasteiger partial charge in [-0.3, -0.25) is 14.4 Å². The van der Waals surface area contributed by atoms with E-state index in [0.717, 1.165) is 6.42 Å². The molecule has 7 heteroatoms. The lowest BCUT2D eigenvalue weighted by Gasteiger charge is -2.14. The number of hydrogen-bond acceptors (Lipinski definition) is 5. The summed E-state index contributed by atoms with van der Waals surface area (Å²) in [5.41, 5.74) is 0.818. The van der Waals surface area contributed by atoms with Gasteiger partial charge in [-0.1, -0.05) is 6.92 Å². The van der Waals surface area contributed by atoms with Crippen LogP contribution in [-0.2, 0) is 9.59 Å². The van der Waals surface area contributed by atoms with Crippen molar-refractivity contribution in [3.05, 3.63) is 47.9 Å². The number of anilines is 1. The van der Waals surface area contributed by atoms with Gasteiger partial charge in [-0.25, -0.2) is 0 Å².